The van der Waals surface area contributed by atoms with Gasteiger partial charge in [-0.1, -0.05) is 0 Å². The number of hydrogen-bond donors (Lipinski definition) is 1. The van der Waals surface area contributed by atoms with Crippen LogP contribution in [-0.2, 0) is 10.0 Å². The molecule has 0 aromatic carbocycles. The molecule has 0 amide bonds. The molecule has 0 aliphatic heterocycles. The predicted molar refractivity (Wildman–Crippen MR) is 61.7 cm³/mol. The van der Waals surface area contributed by atoms with E-state index >= 15 is 0 Å². The Morgan fingerprint density at radius 1 is 1.47 bits per heavy atom. The van der Waals surface area contributed by atoms with Crippen molar-refractivity contribution >= 4 is 38.4 Å². The van der Waals surface area contributed by atoms with Gasteiger partial charge in [0.2, 0.25) is 13.7 Å². The number of ether oxygens (including phenoxy) is 1. The van der Waals surface area contributed by atoms with Crippen LogP contribution >= 0.6 is 22.6 Å². The number of nitrogens with zero attached hydrogens (tertiary/aromatic N) is 2. The third kappa shape index (κ3) is 4.13. The monoisotopic (exact) mass is 413 g/mol. The molecule has 2 N–H and O–H groups in total. The van der Waals surface area contributed by atoms with E-state index in [1.807, 2.05) is 0 Å². The maximum atomic E-state index is 12.1. The van der Waals surface area contributed by atoms with Crippen molar-refractivity contribution in [2.75, 3.05) is 0 Å². The molecule has 1 rings (SSSR count). The molecule has 0 bridgehead atoms. The maximum absolute atomic E-state index is 12.1. The SMILES string of the molecule is NS(=O)(=O)c1c(OC(F)(F)F)cc([N+](=O)[O-])nc1I. The highest BCUT2D eigenvalue weighted by molar-refractivity contribution is 14.1. The number of sulfonamides is 1. The first-order chi connectivity index (χ1) is 8.42. The van der Waals surface area contributed by atoms with E-state index in [1.165, 1.54) is 22.6 Å². The molecule has 0 spiro atoms. The summed E-state index contributed by atoms with van der Waals surface area (Å²) in [5.41, 5.74) is 0. The molecule has 0 radical (unpaired) electrons. The average molecular weight is 413 g/mol. The van der Waals surface area contributed by atoms with Crippen LogP contribution in [0, 0.1) is 13.8 Å². The van der Waals surface area contributed by atoms with E-state index in [4.69, 9.17) is 5.14 Å². The van der Waals surface area contributed by atoms with Gasteiger partial charge < -0.3 is 14.9 Å². The maximum Gasteiger partial charge on any atom is 0.573 e. The Balaban J connectivity index is 3.59. The first-order valence-corrected chi connectivity index (χ1v) is 6.68. The van der Waals surface area contributed by atoms with E-state index in [2.05, 4.69) is 9.72 Å². The minimum Gasteiger partial charge on any atom is -0.404 e. The number of nitrogens with two attached hydrogens (primary N) is 1. The van der Waals surface area contributed by atoms with Gasteiger partial charge in [-0.15, -0.1) is 13.2 Å². The minimum absolute atomic E-state index is 0.232. The molecule has 0 unspecified atom stereocenters. The zero-order valence-corrected chi connectivity index (χ0v) is 11.5. The van der Waals surface area contributed by atoms with Crippen LogP contribution in [0.2, 0.25) is 0 Å². The summed E-state index contributed by atoms with van der Waals surface area (Å²) in [7, 11) is -4.60. The van der Waals surface area contributed by atoms with Crippen molar-refractivity contribution < 1.29 is 31.2 Å². The second kappa shape index (κ2) is 5.04. The molecule has 106 valence electrons. The quantitative estimate of drug-likeness (QED) is 0.343. The molecule has 0 aliphatic rings. The molecule has 0 saturated carbocycles. The lowest BCUT2D eigenvalue weighted by Gasteiger charge is -2.11. The first-order valence-electron chi connectivity index (χ1n) is 4.05. The number of primary sulfonamides is 1. The van der Waals surface area contributed by atoms with Crippen molar-refractivity contribution in [2.24, 2.45) is 5.14 Å². The molecular formula is C6H3F3IN3O5S. The van der Waals surface area contributed by atoms with Gasteiger partial charge in [-0.25, -0.2) is 13.6 Å². The number of rotatable bonds is 3. The minimum atomic E-state index is -5.24. The van der Waals surface area contributed by atoms with Gasteiger partial charge in [0.15, 0.2) is 10.6 Å². The highest BCUT2D eigenvalue weighted by Crippen LogP contribution is 2.33. The summed E-state index contributed by atoms with van der Waals surface area (Å²) in [6, 6.07) is 0.232. The van der Waals surface area contributed by atoms with Crippen molar-refractivity contribution in [1.82, 2.24) is 4.98 Å². The fourth-order valence-corrected chi connectivity index (χ4v) is 3.11. The lowest BCUT2D eigenvalue weighted by molar-refractivity contribution is -0.390. The van der Waals surface area contributed by atoms with Crippen LogP contribution in [0.1, 0.15) is 0 Å². The summed E-state index contributed by atoms with van der Waals surface area (Å²) in [6.07, 6.45) is -5.24. The highest BCUT2D eigenvalue weighted by Gasteiger charge is 2.37. The van der Waals surface area contributed by atoms with Crippen molar-refractivity contribution in [3.8, 4) is 5.75 Å². The van der Waals surface area contributed by atoms with E-state index in [1.54, 1.807) is 0 Å². The Labute approximate surface area is 117 Å². The van der Waals surface area contributed by atoms with Gasteiger partial charge in [0.05, 0.1) is 6.07 Å². The average Bonchev–Trinajstić information content (AvgIpc) is 2.10. The Morgan fingerprint density at radius 3 is 2.37 bits per heavy atom. The summed E-state index contributed by atoms with van der Waals surface area (Å²) in [6.45, 7) is 0. The summed E-state index contributed by atoms with van der Waals surface area (Å²) in [5.74, 6) is -2.31. The molecule has 0 atom stereocenters. The van der Waals surface area contributed by atoms with Crippen molar-refractivity contribution in [3.63, 3.8) is 0 Å². The van der Waals surface area contributed by atoms with E-state index in [0.717, 1.165) is 0 Å². The topological polar surface area (TPSA) is 125 Å². The van der Waals surface area contributed by atoms with Gasteiger partial charge in [0.1, 0.15) is 0 Å². The summed E-state index contributed by atoms with van der Waals surface area (Å²) >= 11 is 1.20. The van der Waals surface area contributed by atoms with Crippen LogP contribution in [0.5, 0.6) is 5.75 Å². The molecule has 1 aromatic heterocycles. The normalized spacial score (nSPS) is 12.3. The molecule has 8 nitrogen and oxygen atoms in total. The lowest BCUT2D eigenvalue weighted by Crippen LogP contribution is -2.22. The summed E-state index contributed by atoms with van der Waals surface area (Å²) < 4.78 is 61.5. The number of alkyl halides is 3. The predicted octanol–water partition coefficient (Wildman–Crippen LogP) is 1.14. The van der Waals surface area contributed by atoms with E-state index in [9.17, 15) is 31.7 Å². The van der Waals surface area contributed by atoms with E-state index < -0.39 is 41.5 Å². The fourth-order valence-electron chi connectivity index (χ4n) is 1.02. The number of hydrogen-bond acceptors (Lipinski definition) is 6. The Bertz CT molecular complexity index is 632. The van der Waals surface area contributed by atoms with E-state index in [0.29, 0.717) is 0 Å². The van der Waals surface area contributed by atoms with Crippen molar-refractivity contribution in [2.45, 2.75) is 11.3 Å². The number of pyridine rings is 1. The summed E-state index contributed by atoms with van der Waals surface area (Å²) in [5, 5.41) is 15.2. The first kappa shape index (κ1) is 15.8. The van der Waals surface area contributed by atoms with Gasteiger partial charge in [0, 0.05) is 22.6 Å². The summed E-state index contributed by atoms with van der Waals surface area (Å²) in [4.78, 5) is 11.5. The van der Waals surface area contributed by atoms with Crippen LogP contribution in [0.25, 0.3) is 0 Å². The standard InChI is InChI=1S/C6H3F3IN3O5S/c7-6(8,9)18-2-1-3(13(14)15)12-5(10)4(2)19(11,16)17/h1H,(H2,11,16,17). The Kier molecular flexibility index (Phi) is 4.20. The lowest BCUT2D eigenvalue weighted by atomic mass is 10.4. The molecule has 13 heteroatoms. The Hall–Kier alpha value is -1.22. The highest BCUT2D eigenvalue weighted by atomic mass is 127. The molecule has 0 saturated heterocycles. The van der Waals surface area contributed by atoms with Gasteiger partial charge in [-0.05, 0) is 9.91 Å². The molecular weight excluding hydrogens is 410 g/mol. The molecule has 1 heterocycles. The van der Waals surface area contributed by atoms with Gasteiger partial charge in [-0.3, -0.25) is 0 Å². The largest absolute Gasteiger partial charge is 0.573 e. The van der Waals surface area contributed by atoms with Crippen LogP contribution in [0.4, 0.5) is 19.0 Å². The van der Waals surface area contributed by atoms with Crippen LogP contribution < -0.4 is 9.88 Å². The zero-order chi connectivity index (χ0) is 15.0. The third-order valence-electron chi connectivity index (χ3n) is 1.58. The van der Waals surface area contributed by atoms with Crippen molar-refractivity contribution in [3.05, 3.63) is 19.9 Å². The number of aromatic nitrogens is 1. The molecule has 1 aromatic rings. The Morgan fingerprint density at radius 2 is 2.00 bits per heavy atom. The third-order valence-corrected chi connectivity index (χ3v) is 3.69. The molecule has 0 aliphatic carbocycles. The zero-order valence-electron chi connectivity index (χ0n) is 8.51. The van der Waals surface area contributed by atoms with Crippen molar-refractivity contribution in [1.29, 1.82) is 0 Å². The van der Waals surface area contributed by atoms with Crippen LogP contribution in [0.3, 0.4) is 0 Å². The molecule has 19 heavy (non-hydrogen) atoms. The number of nitro groups is 1. The number of halogens is 4. The van der Waals surface area contributed by atoms with E-state index in [-0.39, 0.29) is 6.07 Å². The van der Waals surface area contributed by atoms with Gasteiger partial charge in [0.25, 0.3) is 0 Å². The second-order valence-corrected chi connectivity index (χ2v) is 5.47. The van der Waals surface area contributed by atoms with Gasteiger partial charge >= 0.3 is 12.2 Å². The fraction of sp³-hybridized carbons (Fsp3) is 0.167. The smallest absolute Gasteiger partial charge is 0.404 e. The van der Waals surface area contributed by atoms with Crippen LogP contribution in [-0.4, -0.2) is 24.7 Å². The second-order valence-electron chi connectivity index (χ2n) is 2.95. The van der Waals surface area contributed by atoms with Gasteiger partial charge in [-0.2, -0.15) is 0 Å². The molecule has 0 fully saturated rings. The van der Waals surface area contributed by atoms with Crippen LogP contribution in [0.15, 0.2) is 11.0 Å².